The van der Waals surface area contributed by atoms with Crippen LogP contribution in [-0.2, 0) is 14.6 Å². The molecule has 1 aliphatic heterocycles. The zero-order valence-electron chi connectivity index (χ0n) is 13.8. The van der Waals surface area contributed by atoms with Gasteiger partial charge in [0.1, 0.15) is 0 Å². The maximum absolute atomic E-state index is 13.8. The van der Waals surface area contributed by atoms with Gasteiger partial charge in [0.05, 0.1) is 11.5 Å². The van der Waals surface area contributed by atoms with Crippen molar-refractivity contribution < 1.29 is 22.3 Å². The first-order chi connectivity index (χ1) is 11.9. The zero-order chi connectivity index (χ0) is 18.0. The van der Waals surface area contributed by atoms with Gasteiger partial charge in [-0.05, 0) is 37.5 Å². The van der Waals surface area contributed by atoms with Crippen LogP contribution >= 0.6 is 15.9 Å². The number of hydrogen-bond donors (Lipinski definition) is 0. The Balaban J connectivity index is 1.70. The fourth-order valence-electron chi connectivity index (χ4n) is 3.69. The summed E-state index contributed by atoms with van der Waals surface area (Å²) in [5.41, 5.74) is 0. The van der Waals surface area contributed by atoms with Crippen molar-refractivity contribution in [2.24, 2.45) is 0 Å². The zero-order valence-corrected chi connectivity index (χ0v) is 16.2. The van der Waals surface area contributed by atoms with Crippen LogP contribution in [-0.4, -0.2) is 49.4 Å². The second-order valence-corrected chi connectivity index (χ2v) is 9.80. The van der Waals surface area contributed by atoms with E-state index >= 15 is 0 Å². The third kappa shape index (κ3) is 4.53. The predicted molar refractivity (Wildman–Crippen MR) is 95.8 cm³/mol. The predicted octanol–water partition coefficient (Wildman–Crippen LogP) is 2.93. The number of sulfone groups is 1. The fourth-order valence-corrected chi connectivity index (χ4v) is 5.73. The number of ether oxygens (including phenoxy) is 1. The van der Waals surface area contributed by atoms with E-state index in [0.717, 1.165) is 25.7 Å². The highest BCUT2D eigenvalue weighted by atomic mass is 79.9. The van der Waals surface area contributed by atoms with E-state index in [1.807, 2.05) is 0 Å². The fraction of sp³-hybridized carbons (Fsp3) is 0.588. The molecule has 1 aromatic rings. The van der Waals surface area contributed by atoms with Gasteiger partial charge in [-0.1, -0.05) is 28.8 Å². The lowest BCUT2D eigenvalue weighted by molar-refractivity contribution is -0.137. The molecule has 5 nitrogen and oxygen atoms in total. The van der Waals surface area contributed by atoms with Crippen LogP contribution in [0.5, 0.6) is 5.75 Å². The second kappa shape index (κ2) is 7.61. The van der Waals surface area contributed by atoms with Crippen molar-refractivity contribution in [2.45, 2.75) is 44.2 Å². The lowest BCUT2D eigenvalue weighted by Gasteiger charge is -2.34. The van der Waals surface area contributed by atoms with Crippen LogP contribution in [0.25, 0.3) is 0 Å². The van der Waals surface area contributed by atoms with E-state index in [4.69, 9.17) is 4.74 Å². The molecule has 0 aromatic heterocycles. The summed E-state index contributed by atoms with van der Waals surface area (Å²) < 4.78 is 43.4. The molecule has 0 radical (unpaired) electrons. The van der Waals surface area contributed by atoms with E-state index in [0.29, 0.717) is 10.9 Å². The topological polar surface area (TPSA) is 63.7 Å². The maximum atomic E-state index is 13.8. The van der Waals surface area contributed by atoms with Gasteiger partial charge in [-0.3, -0.25) is 4.79 Å². The molecular weight excluding hydrogens is 413 g/mol. The summed E-state index contributed by atoms with van der Waals surface area (Å²) in [7, 11) is -3.08. The molecule has 0 N–H and O–H groups in total. The van der Waals surface area contributed by atoms with Crippen LogP contribution in [0, 0.1) is 5.82 Å². The first kappa shape index (κ1) is 18.6. The molecule has 1 heterocycles. The summed E-state index contributed by atoms with van der Waals surface area (Å²) in [4.78, 5) is 14.5. The smallest absolute Gasteiger partial charge is 0.261 e. The van der Waals surface area contributed by atoms with E-state index in [1.165, 1.54) is 12.1 Å². The average molecular weight is 434 g/mol. The molecule has 1 atom stereocenters. The molecule has 2 fully saturated rings. The highest BCUT2D eigenvalue weighted by Gasteiger charge is 2.39. The van der Waals surface area contributed by atoms with Gasteiger partial charge in [-0.25, -0.2) is 12.8 Å². The molecular formula is C17H21BrFNO4S. The van der Waals surface area contributed by atoms with Crippen LogP contribution in [0.15, 0.2) is 22.7 Å². The highest BCUT2D eigenvalue weighted by molar-refractivity contribution is 9.10. The van der Waals surface area contributed by atoms with Gasteiger partial charge in [0.2, 0.25) is 0 Å². The largest absolute Gasteiger partial charge is 0.481 e. The summed E-state index contributed by atoms with van der Waals surface area (Å²) in [5, 5.41) is 0. The van der Waals surface area contributed by atoms with Crippen molar-refractivity contribution in [2.75, 3.05) is 18.1 Å². The molecule has 1 amide bonds. The molecule has 3 rings (SSSR count). The standard InChI is InChI=1S/C17H21BrFNO4S/c18-12-5-6-16(15(19)9-12)24-10-17(21)20(13-3-1-2-4-13)14-7-8-25(22,23)11-14/h5-6,9,13-14H,1-4,7-8,10-11H2. The Kier molecular flexibility index (Phi) is 5.68. The highest BCUT2D eigenvalue weighted by Crippen LogP contribution is 2.29. The first-order valence-electron chi connectivity index (χ1n) is 8.45. The Bertz CT molecular complexity index is 749. The van der Waals surface area contributed by atoms with Gasteiger partial charge in [-0.15, -0.1) is 0 Å². The molecule has 1 aliphatic carbocycles. The average Bonchev–Trinajstić information content (AvgIpc) is 3.17. The van der Waals surface area contributed by atoms with E-state index in [-0.39, 0.29) is 41.9 Å². The second-order valence-electron chi connectivity index (χ2n) is 6.66. The lowest BCUT2D eigenvalue weighted by Crippen LogP contribution is -2.48. The quantitative estimate of drug-likeness (QED) is 0.715. The first-order valence-corrected chi connectivity index (χ1v) is 11.1. The van der Waals surface area contributed by atoms with Crippen molar-refractivity contribution in [3.8, 4) is 5.75 Å². The summed E-state index contributed by atoms with van der Waals surface area (Å²) in [5.74, 6) is -0.658. The molecule has 2 aliphatic rings. The number of nitrogens with zero attached hydrogens (tertiary/aromatic N) is 1. The van der Waals surface area contributed by atoms with Gasteiger partial charge in [0, 0.05) is 16.6 Å². The molecule has 1 saturated carbocycles. The number of halogens is 2. The maximum Gasteiger partial charge on any atom is 0.261 e. The van der Waals surface area contributed by atoms with E-state index < -0.39 is 15.7 Å². The van der Waals surface area contributed by atoms with E-state index in [1.54, 1.807) is 11.0 Å². The van der Waals surface area contributed by atoms with Gasteiger partial charge in [0.15, 0.2) is 28.0 Å². The van der Waals surface area contributed by atoms with E-state index in [9.17, 15) is 17.6 Å². The Morgan fingerprint density at radius 1 is 1.24 bits per heavy atom. The SMILES string of the molecule is O=C(COc1ccc(Br)cc1F)N(C1CCCC1)C1CCS(=O)(=O)C1. The monoisotopic (exact) mass is 433 g/mol. The number of benzene rings is 1. The Labute approximate surface area is 155 Å². The Morgan fingerprint density at radius 3 is 2.56 bits per heavy atom. The van der Waals surface area contributed by atoms with Crippen LogP contribution in [0.1, 0.15) is 32.1 Å². The molecule has 1 saturated heterocycles. The third-order valence-corrected chi connectivity index (χ3v) is 7.10. The molecule has 1 aromatic carbocycles. The summed E-state index contributed by atoms with van der Waals surface area (Å²) in [6.45, 7) is -0.286. The van der Waals surface area contributed by atoms with Crippen LogP contribution < -0.4 is 4.74 Å². The van der Waals surface area contributed by atoms with Gasteiger partial charge >= 0.3 is 0 Å². The summed E-state index contributed by atoms with van der Waals surface area (Å²) >= 11 is 3.17. The normalized spacial score (nSPS) is 22.9. The summed E-state index contributed by atoms with van der Waals surface area (Å²) in [6.07, 6.45) is 4.31. The van der Waals surface area contributed by atoms with Gasteiger partial charge in [-0.2, -0.15) is 0 Å². The van der Waals surface area contributed by atoms with Gasteiger partial charge < -0.3 is 9.64 Å². The molecule has 0 spiro atoms. The molecule has 25 heavy (non-hydrogen) atoms. The van der Waals surface area contributed by atoms with Gasteiger partial charge in [0.25, 0.3) is 5.91 Å². The number of amides is 1. The minimum atomic E-state index is -3.08. The lowest BCUT2D eigenvalue weighted by atomic mass is 10.1. The van der Waals surface area contributed by atoms with Crippen molar-refractivity contribution in [1.29, 1.82) is 0 Å². The summed E-state index contributed by atoms with van der Waals surface area (Å²) in [6, 6.07) is 4.15. The van der Waals surface area contributed by atoms with E-state index in [2.05, 4.69) is 15.9 Å². The number of rotatable bonds is 5. The number of carbonyl (C=O) groups is 1. The van der Waals surface area contributed by atoms with Crippen molar-refractivity contribution in [3.05, 3.63) is 28.5 Å². The van der Waals surface area contributed by atoms with Crippen LogP contribution in [0.4, 0.5) is 4.39 Å². The molecule has 138 valence electrons. The minimum Gasteiger partial charge on any atom is -0.481 e. The Hall–Kier alpha value is -1.15. The van der Waals surface area contributed by atoms with Crippen molar-refractivity contribution >= 4 is 31.7 Å². The number of carbonyl (C=O) groups excluding carboxylic acids is 1. The molecule has 0 bridgehead atoms. The third-order valence-electron chi connectivity index (χ3n) is 4.85. The van der Waals surface area contributed by atoms with Crippen LogP contribution in [0.3, 0.4) is 0 Å². The number of hydrogen-bond acceptors (Lipinski definition) is 4. The minimum absolute atomic E-state index is 0.0157. The van der Waals surface area contributed by atoms with Crippen molar-refractivity contribution in [1.82, 2.24) is 4.90 Å². The molecule has 8 heteroatoms. The van der Waals surface area contributed by atoms with Crippen molar-refractivity contribution in [3.63, 3.8) is 0 Å². The molecule has 1 unspecified atom stereocenters. The Morgan fingerprint density at radius 2 is 1.96 bits per heavy atom. The van der Waals surface area contributed by atoms with Crippen LogP contribution in [0.2, 0.25) is 0 Å².